The van der Waals surface area contributed by atoms with Crippen molar-refractivity contribution in [3.05, 3.63) is 59.1 Å². The largest absolute Gasteiger partial charge is 0.383 e. The summed E-state index contributed by atoms with van der Waals surface area (Å²) in [7, 11) is 1.68. The number of hydrogen-bond acceptors (Lipinski definition) is 6. The predicted octanol–water partition coefficient (Wildman–Crippen LogP) is 4.36. The Hall–Kier alpha value is -2.84. The lowest BCUT2D eigenvalue weighted by Gasteiger charge is -2.08. The Bertz CT molecular complexity index is 1200. The molecule has 3 aromatic heterocycles. The number of carbonyl (C=O) groups excluding carboxylic acids is 1. The van der Waals surface area contributed by atoms with Gasteiger partial charge in [-0.05, 0) is 39.0 Å². The Balaban J connectivity index is 1.57. The van der Waals surface area contributed by atoms with Gasteiger partial charge in [-0.25, -0.2) is 4.98 Å². The van der Waals surface area contributed by atoms with Crippen LogP contribution in [-0.2, 0) is 11.3 Å². The van der Waals surface area contributed by atoms with Crippen molar-refractivity contribution in [3.63, 3.8) is 0 Å². The number of thioether (sulfide) groups is 1. The minimum Gasteiger partial charge on any atom is -0.383 e. The molecule has 0 unspecified atom stereocenters. The summed E-state index contributed by atoms with van der Waals surface area (Å²) >= 11 is 1.45. The second-order valence-electron chi connectivity index (χ2n) is 7.16. The van der Waals surface area contributed by atoms with Gasteiger partial charge in [0, 0.05) is 36.7 Å². The minimum atomic E-state index is 0.0601. The molecule has 3 heterocycles. The van der Waals surface area contributed by atoms with Gasteiger partial charge in [-0.3, -0.25) is 9.36 Å². The molecule has 156 valence electrons. The maximum Gasteiger partial charge on any atom is 0.180 e. The van der Waals surface area contributed by atoms with Crippen LogP contribution < -0.4 is 0 Å². The maximum atomic E-state index is 13.0. The lowest BCUT2D eigenvalue weighted by Crippen LogP contribution is -2.08. The average Bonchev–Trinajstić information content (AvgIpc) is 3.39. The van der Waals surface area contributed by atoms with Gasteiger partial charge >= 0.3 is 0 Å². The molecule has 0 amide bonds. The highest BCUT2D eigenvalue weighted by molar-refractivity contribution is 7.99. The molecule has 0 fully saturated rings. The molecule has 0 aliphatic carbocycles. The van der Waals surface area contributed by atoms with Crippen LogP contribution in [0.25, 0.3) is 16.9 Å². The normalized spacial score (nSPS) is 11.5. The molecule has 0 radical (unpaired) electrons. The topological polar surface area (TPSA) is 75.1 Å². The lowest BCUT2D eigenvalue weighted by atomic mass is 10.2. The van der Waals surface area contributed by atoms with Crippen molar-refractivity contribution in [2.45, 2.75) is 32.5 Å². The standard InChI is InChI=1S/C22H24N4O3S/c1-14-11-17(16(3)26(14)21-12-15(2)29-24-21)20(27)13-30-22-23-18-7-5-6-8-19(18)25(22)9-10-28-4/h5-8,11-12H,9-10,13H2,1-4H3. The minimum absolute atomic E-state index is 0.0601. The zero-order valence-corrected chi connectivity index (χ0v) is 18.3. The number of aryl methyl sites for hydroxylation is 2. The van der Waals surface area contributed by atoms with Crippen molar-refractivity contribution < 1.29 is 14.1 Å². The number of nitrogens with zero attached hydrogens (tertiary/aromatic N) is 4. The van der Waals surface area contributed by atoms with Crippen LogP contribution in [0, 0.1) is 20.8 Å². The Morgan fingerprint density at radius 1 is 1.20 bits per heavy atom. The third-order valence-electron chi connectivity index (χ3n) is 5.05. The number of carbonyl (C=O) groups is 1. The first-order valence-electron chi connectivity index (χ1n) is 9.72. The first-order chi connectivity index (χ1) is 14.5. The van der Waals surface area contributed by atoms with E-state index in [-0.39, 0.29) is 5.78 Å². The van der Waals surface area contributed by atoms with E-state index in [2.05, 4.69) is 9.72 Å². The Morgan fingerprint density at radius 3 is 2.73 bits per heavy atom. The molecule has 7 nitrogen and oxygen atoms in total. The van der Waals surface area contributed by atoms with Crippen LogP contribution in [-0.4, -0.2) is 44.5 Å². The van der Waals surface area contributed by atoms with Crippen LogP contribution in [0.2, 0.25) is 0 Å². The van der Waals surface area contributed by atoms with E-state index in [9.17, 15) is 4.79 Å². The Labute approximate surface area is 179 Å². The number of ether oxygens (including phenoxy) is 1. The number of methoxy groups -OCH3 is 1. The highest BCUT2D eigenvalue weighted by atomic mass is 32.2. The van der Waals surface area contributed by atoms with Crippen LogP contribution in [0.1, 0.15) is 27.5 Å². The number of imidazole rings is 1. The highest BCUT2D eigenvalue weighted by Gasteiger charge is 2.20. The van der Waals surface area contributed by atoms with Crippen molar-refractivity contribution in [2.75, 3.05) is 19.5 Å². The van der Waals surface area contributed by atoms with Crippen molar-refractivity contribution in [3.8, 4) is 5.82 Å². The molecule has 0 saturated heterocycles. The summed E-state index contributed by atoms with van der Waals surface area (Å²) < 4.78 is 14.5. The van der Waals surface area contributed by atoms with Gasteiger partial charge in [-0.1, -0.05) is 29.1 Å². The van der Waals surface area contributed by atoms with Gasteiger partial charge in [0.15, 0.2) is 16.8 Å². The van der Waals surface area contributed by atoms with Crippen LogP contribution in [0.5, 0.6) is 0 Å². The van der Waals surface area contributed by atoms with Crippen molar-refractivity contribution in [2.24, 2.45) is 0 Å². The Morgan fingerprint density at radius 2 is 2.00 bits per heavy atom. The van der Waals surface area contributed by atoms with Crippen molar-refractivity contribution in [1.29, 1.82) is 0 Å². The first kappa shape index (κ1) is 20.4. The third kappa shape index (κ3) is 3.80. The summed E-state index contributed by atoms with van der Waals surface area (Å²) in [6.07, 6.45) is 0. The van der Waals surface area contributed by atoms with E-state index in [1.165, 1.54) is 11.8 Å². The van der Waals surface area contributed by atoms with Gasteiger partial charge in [0.25, 0.3) is 0 Å². The first-order valence-corrected chi connectivity index (χ1v) is 10.7. The molecule has 30 heavy (non-hydrogen) atoms. The van der Waals surface area contributed by atoms with Crippen LogP contribution >= 0.6 is 11.8 Å². The number of hydrogen-bond donors (Lipinski definition) is 0. The molecule has 0 N–H and O–H groups in total. The molecule has 1 aromatic carbocycles. The number of para-hydroxylation sites is 2. The van der Waals surface area contributed by atoms with E-state index in [0.29, 0.717) is 30.3 Å². The van der Waals surface area contributed by atoms with E-state index < -0.39 is 0 Å². The smallest absolute Gasteiger partial charge is 0.180 e. The molecular weight excluding hydrogens is 400 g/mol. The number of aromatic nitrogens is 4. The summed E-state index contributed by atoms with van der Waals surface area (Å²) in [5.41, 5.74) is 4.47. The van der Waals surface area contributed by atoms with Gasteiger partial charge in [-0.2, -0.15) is 0 Å². The Kier molecular flexibility index (Phi) is 5.78. The van der Waals surface area contributed by atoms with E-state index >= 15 is 0 Å². The fourth-order valence-electron chi connectivity index (χ4n) is 3.63. The second-order valence-corrected chi connectivity index (χ2v) is 8.10. The van der Waals surface area contributed by atoms with Gasteiger partial charge < -0.3 is 13.8 Å². The molecule has 0 bridgehead atoms. The van der Waals surface area contributed by atoms with E-state index in [1.54, 1.807) is 7.11 Å². The molecule has 0 atom stereocenters. The van der Waals surface area contributed by atoms with E-state index in [0.717, 1.165) is 33.3 Å². The van der Waals surface area contributed by atoms with Gasteiger partial charge in [0.05, 0.1) is 23.4 Å². The van der Waals surface area contributed by atoms with Gasteiger partial charge in [-0.15, -0.1) is 0 Å². The molecule has 0 aliphatic rings. The fraction of sp³-hybridized carbons (Fsp3) is 0.318. The molecule has 0 saturated carbocycles. The van der Waals surface area contributed by atoms with Gasteiger partial charge in [0.2, 0.25) is 0 Å². The third-order valence-corrected chi connectivity index (χ3v) is 6.02. The molecule has 4 rings (SSSR count). The second kappa shape index (κ2) is 8.49. The summed E-state index contributed by atoms with van der Waals surface area (Å²) in [6.45, 7) is 7.02. The number of fused-ring (bicyclic) bond motifs is 1. The monoisotopic (exact) mass is 424 g/mol. The molecule has 8 heteroatoms. The summed E-state index contributed by atoms with van der Waals surface area (Å²) in [6, 6.07) is 11.8. The van der Waals surface area contributed by atoms with Crippen molar-refractivity contribution >= 4 is 28.6 Å². The number of Topliss-reactive ketones (excluding diaryl/α,β-unsaturated/α-hetero) is 1. The average molecular weight is 425 g/mol. The van der Waals surface area contributed by atoms with Crippen LogP contribution in [0.3, 0.4) is 0 Å². The molecule has 0 aliphatic heterocycles. The molecule has 0 spiro atoms. The summed E-state index contributed by atoms with van der Waals surface area (Å²) in [5, 5.41) is 4.91. The fourth-order valence-corrected chi connectivity index (χ4v) is 4.55. The highest BCUT2D eigenvalue weighted by Crippen LogP contribution is 2.27. The number of benzene rings is 1. The maximum absolute atomic E-state index is 13.0. The van der Waals surface area contributed by atoms with Crippen LogP contribution in [0.4, 0.5) is 0 Å². The van der Waals surface area contributed by atoms with Crippen LogP contribution in [0.15, 0.2) is 46.1 Å². The number of ketones is 1. The predicted molar refractivity (Wildman–Crippen MR) is 117 cm³/mol. The summed E-state index contributed by atoms with van der Waals surface area (Å²) in [5.74, 6) is 1.79. The SMILES string of the molecule is COCCn1c(SCC(=O)c2cc(C)n(-c3cc(C)on3)c2C)nc2ccccc21. The van der Waals surface area contributed by atoms with E-state index in [1.807, 2.05) is 61.7 Å². The van der Waals surface area contributed by atoms with E-state index in [4.69, 9.17) is 14.2 Å². The quantitative estimate of drug-likeness (QED) is 0.309. The zero-order valence-electron chi connectivity index (χ0n) is 17.5. The lowest BCUT2D eigenvalue weighted by molar-refractivity contribution is 0.102. The summed E-state index contributed by atoms with van der Waals surface area (Å²) in [4.78, 5) is 17.8. The zero-order chi connectivity index (χ0) is 21.3. The molecule has 4 aromatic rings. The van der Waals surface area contributed by atoms with Crippen molar-refractivity contribution in [1.82, 2.24) is 19.3 Å². The molecular formula is C22H24N4O3S. The number of rotatable bonds is 8. The van der Waals surface area contributed by atoms with Gasteiger partial charge in [0.1, 0.15) is 5.76 Å².